The Balaban J connectivity index is 0.000000293. The molecule has 0 fully saturated rings. The van der Waals surface area contributed by atoms with Crippen LogP contribution in [0.25, 0.3) is 43.8 Å². The maximum atomic E-state index is 12.9. The lowest BCUT2D eigenvalue weighted by molar-refractivity contribution is 0.0987. The number of halogens is 1. The monoisotopic (exact) mass is 1910 g/mol. The summed E-state index contributed by atoms with van der Waals surface area (Å²) >= 11 is 25.2. The van der Waals surface area contributed by atoms with Gasteiger partial charge in [-0.1, -0.05) is 122 Å². The number of carbonyl (C=O) groups excluding carboxylic acids is 2. The van der Waals surface area contributed by atoms with Gasteiger partial charge in [-0.3, -0.25) is 9.59 Å². The molecular formula is C59H76ClNO6S29Si2. The molecule has 98 heavy (non-hydrogen) atoms. The highest BCUT2D eigenvalue weighted by atomic mass is 35.5. The van der Waals surface area contributed by atoms with E-state index in [1.165, 1.54) is 47.3 Å². The van der Waals surface area contributed by atoms with Crippen LogP contribution in [-0.4, -0.2) is 68.7 Å². The Bertz CT molecular complexity index is 4920. The predicted molar refractivity (Wildman–Crippen MR) is 510 cm³/mol. The standard InChI is InChI=1S/C29H37NO3Si.C27H31ClO3Si.C3H8.S15.S14/c1-29(2,3)34(6,7)33-17-16-32-24-13-9-20(10-14-24)27-25-19-23(30(4)5)12-8-21(25)18-22-11-15-26(31)28(22)27;1-27(2,3)32(4,5)31-15-14-30-22-11-7-18(8-12-22)25-23-17-21(28)10-6-19(23)16-20-9-13-24(29)26(20)25;1-3-2;1-3-5-7-9-11-13-15-14-12-10-8-6-4-2;1-3-5-7-9-11-13-14-12-10-8-6-4-2/h8-10,12-14,18-19H,11,15-17H2,1-7H3;6-8,10-12,16-17H,9,13-15H2,1-5H3;3H2,1-2H3;;. The number of Topliss-reactive ketones (excluding diaryl/α,β-unsaturated/α-hetero) is 2. The van der Waals surface area contributed by atoms with Crippen molar-refractivity contribution in [2.24, 2.45) is 0 Å². The summed E-state index contributed by atoms with van der Waals surface area (Å²) in [6.07, 6.45) is 4.04. The van der Waals surface area contributed by atoms with Gasteiger partial charge >= 0.3 is 0 Å². The highest BCUT2D eigenvalue weighted by Crippen LogP contribution is 2.43. The molecule has 0 saturated carbocycles. The summed E-state index contributed by atoms with van der Waals surface area (Å²) in [6.45, 7) is 28.9. The first-order valence-corrected chi connectivity index (χ1v) is 71.5. The number of hydrogen-bond donors (Lipinski definition) is 0. The predicted octanol–water partition coefficient (Wildman–Crippen LogP) is 16.1. The van der Waals surface area contributed by atoms with Crippen LogP contribution in [0.15, 0.2) is 97.1 Å². The number of rotatable bonds is 13. The molecule has 0 bridgehead atoms. The summed E-state index contributed by atoms with van der Waals surface area (Å²) < 4.78 is 24.3. The van der Waals surface area contributed by atoms with E-state index in [-0.39, 0.29) is 21.6 Å². The van der Waals surface area contributed by atoms with E-state index in [0.29, 0.717) is 44.3 Å². The quantitative estimate of drug-likeness (QED) is 0.0820. The van der Waals surface area contributed by atoms with E-state index in [2.05, 4.69) is 129 Å². The van der Waals surface area contributed by atoms with Crippen molar-refractivity contribution in [2.75, 3.05) is 45.4 Å². The van der Waals surface area contributed by atoms with Crippen LogP contribution in [0.3, 0.4) is 0 Å². The molecule has 0 radical (unpaired) electrons. The average molecular weight is 1920 g/mol. The normalized spacial score (nSPS) is 11.7. The Morgan fingerprint density at radius 3 is 1.03 bits per heavy atom. The lowest BCUT2D eigenvalue weighted by atomic mass is 9.90. The highest BCUT2D eigenvalue weighted by Gasteiger charge is 2.38. The van der Waals surface area contributed by atoms with E-state index >= 15 is 0 Å². The van der Waals surface area contributed by atoms with Crippen molar-refractivity contribution in [3.8, 4) is 33.8 Å². The second-order valence-corrected chi connectivity index (χ2v) is 77.7. The molecule has 8 rings (SSSR count). The molecule has 0 atom stereocenters. The third-order valence-corrected chi connectivity index (χ3v) is 75.3. The second kappa shape index (κ2) is 50.3. The molecule has 0 amide bonds. The van der Waals surface area contributed by atoms with Crippen LogP contribution >= 0.6 is 11.6 Å². The number of carbonyl (C=O) groups is 2. The number of benzene rings is 6. The van der Waals surface area contributed by atoms with Gasteiger partial charge in [0, 0.05) is 327 Å². The van der Waals surface area contributed by atoms with E-state index < -0.39 is 16.6 Å². The molecule has 6 aromatic carbocycles. The molecule has 542 valence electrons. The van der Waals surface area contributed by atoms with Crippen LogP contribution in [0.4, 0.5) is 5.69 Å². The second-order valence-electron chi connectivity index (χ2n) is 23.5. The van der Waals surface area contributed by atoms with Gasteiger partial charge in [0.25, 0.3) is 0 Å². The molecule has 0 aromatic heterocycles. The van der Waals surface area contributed by atoms with Crippen LogP contribution in [-0.2, 0) is 288 Å². The van der Waals surface area contributed by atoms with Gasteiger partial charge in [0.1, 0.15) is 24.7 Å². The first-order valence-electron chi connectivity index (χ1n) is 29.3. The zero-order valence-corrected chi connectivity index (χ0v) is 82.1. The van der Waals surface area contributed by atoms with Gasteiger partial charge in [-0.25, -0.2) is 0 Å². The first-order chi connectivity index (χ1) is 46.8. The maximum absolute atomic E-state index is 12.9. The highest BCUT2D eigenvalue weighted by molar-refractivity contribution is 8.77. The molecule has 0 unspecified atom stereocenters. The topological polar surface area (TPSA) is 74.3 Å². The van der Waals surface area contributed by atoms with Crippen molar-refractivity contribution in [2.45, 2.75) is 124 Å². The summed E-state index contributed by atoms with van der Waals surface area (Å²) in [5.41, 5.74) is 9.24. The molecule has 0 aliphatic heterocycles. The van der Waals surface area contributed by atoms with Gasteiger partial charge in [0.05, 0.1) is 13.2 Å². The average Bonchev–Trinajstić information content (AvgIpc) is 1.49. The summed E-state index contributed by atoms with van der Waals surface area (Å²) in [4.78, 5) is 27.7. The lowest BCUT2D eigenvalue weighted by Gasteiger charge is -2.36. The summed E-state index contributed by atoms with van der Waals surface area (Å²) in [6, 6.07) is 32.9. The molecule has 0 saturated heterocycles. The van der Waals surface area contributed by atoms with E-state index in [9.17, 15) is 9.59 Å². The van der Waals surface area contributed by atoms with Gasteiger partial charge in [-0.05, 0) is 141 Å². The minimum absolute atomic E-state index is 0.188. The zero-order valence-electron chi connectivity index (χ0n) is 55.7. The van der Waals surface area contributed by atoms with Crippen molar-refractivity contribution in [3.63, 3.8) is 0 Å². The van der Waals surface area contributed by atoms with Gasteiger partial charge in [0.15, 0.2) is 28.2 Å². The number of aryl methyl sites for hydroxylation is 2. The molecule has 0 heterocycles. The van der Waals surface area contributed by atoms with Gasteiger partial charge in [-0.15, -0.1) is 0 Å². The van der Waals surface area contributed by atoms with Crippen molar-refractivity contribution >= 4 is 334 Å². The summed E-state index contributed by atoms with van der Waals surface area (Å²) in [5, 5.41) is 5.48. The summed E-state index contributed by atoms with van der Waals surface area (Å²) in [7, 11) is 42.2. The van der Waals surface area contributed by atoms with Crippen LogP contribution in [0.5, 0.6) is 11.5 Å². The lowest BCUT2D eigenvalue weighted by Crippen LogP contribution is -2.41. The molecule has 39 heteroatoms. The fourth-order valence-corrected chi connectivity index (χ4v) is 68.4. The molecule has 0 spiro atoms. The zero-order chi connectivity index (χ0) is 72.2. The Labute approximate surface area is 678 Å². The number of ketones is 2. The fraction of sp³-hybridized carbons (Fsp3) is 0.424. The van der Waals surface area contributed by atoms with E-state index in [1.807, 2.05) is 68.7 Å². The maximum Gasteiger partial charge on any atom is 0.192 e. The van der Waals surface area contributed by atoms with E-state index in [0.717, 1.165) is 90.7 Å². The van der Waals surface area contributed by atoms with Crippen LogP contribution in [0.1, 0.15) is 106 Å². The SMILES string of the molecule is CC(C)(C)[Si](C)(C)OCCOc1ccc(-c2c3c(cc4ccc(Cl)cc24)CCC3=O)cc1.CCC.CN(C)c1ccc2cc3c(c(-c4ccc(OCCO[Si](C)(C)C(C)(C)C)cc4)c2c1)C(=O)CC3.S=S=S=S=S=S=S=S=S=S=S=S=S=S.S=S=S=S=S=S=S=S=S=S=S=S=S=S=S. The van der Waals surface area contributed by atoms with Crippen molar-refractivity contribution < 1.29 is 27.9 Å². The van der Waals surface area contributed by atoms with E-state index in [4.69, 9.17) is 74.7 Å². The Hall–Kier alpha value is 1.60. The van der Waals surface area contributed by atoms with Crippen LogP contribution in [0, 0.1) is 0 Å². The Kier molecular flexibility index (Phi) is 47.3. The van der Waals surface area contributed by atoms with Gasteiger partial charge in [0.2, 0.25) is 0 Å². The molecular weight excluding hydrogens is 1840 g/mol. The smallest absolute Gasteiger partial charge is 0.192 e. The molecule has 6 aromatic rings. The number of fused-ring (bicyclic) bond motifs is 4. The minimum atomic E-state index is -1.77. The Morgan fingerprint density at radius 2 is 0.724 bits per heavy atom. The van der Waals surface area contributed by atoms with E-state index in [1.54, 1.807) is 186 Å². The van der Waals surface area contributed by atoms with Crippen molar-refractivity contribution in [1.29, 1.82) is 0 Å². The third kappa shape index (κ3) is 32.8. The van der Waals surface area contributed by atoms with Gasteiger partial charge in [-0.2, -0.15) is 0 Å². The fourth-order valence-electron chi connectivity index (χ4n) is 8.54. The Morgan fingerprint density at radius 1 is 0.418 bits per heavy atom. The van der Waals surface area contributed by atoms with Crippen LogP contribution in [0.2, 0.25) is 41.3 Å². The van der Waals surface area contributed by atoms with Crippen molar-refractivity contribution in [3.05, 3.63) is 124 Å². The molecule has 7 nitrogen and oxygen atoms in total. The molecule has 2 aliphatic rings. The largest absolute Gasteiger partial charge is 0.491 e. The first kappa shape index (κ1) is 92.0. The third-order valence-electron chi connectivity index (χ3n) is 14.9. The van der Waals surface area contributed by atoms with Gasteiger partial charge < -0.3 is 23.2 Å². The van der Waals surface area contributed by atoms with Crippen molar-refractivity contribution in [1.82, 2.24) is 0 Å². The minimum Gasteiger partial charge on any atom is -0.491 e. The number of anilines is 1. The number of nitrogens with zero attached hydrogens (tertiary/aromatic N) is 1. The molecule has 0 N–H and O–H groups in total. The summed E-state index contributed by atoms with van der Waals surface area (Å²) in [5.74, 6) is 2.07. The van der Waals surface area contributed by atoms with Crippen LogP contribution < -0.4 is 14.4 Å². The number of ether oxygens (including phenoxy) is 2. The molecule has 2 aliphatic carbocycles. The number of hydrogen-bond acceptors (Lipinski definition) is 11.